The molecule has 0 spiro atoms. The number of aliphatic hydroxyl groups is 2. The van der Waals surface area contributed by atoms with Crippen molar-refractivity contribution < 1.29 is 49.0 Å². The second kappa shape index (κ2) is 40.1. The molecule has 1 amide bonds. The summed E-state index contributed by atoms with van der Waals surface area (Å²) in [5, 5.41) is 38.0. The number of halogens is 1. The van der Waals surface area contributed by atoms with E-state index in [9.17, 15) is 29.4 Å². The van der Waals surface area contributed by atoms with Crippen LogP contribution in [0.25, 0.3) is 0 Å². The quantitative estimate of drug-likeness (QED) is 0.0509. The molecule has 19 heteroatoms. The van der Waals surface area contributed by atoms with Gasteiger partial charge in [0.2, 0.25) is 16.6 Å². The Morgan fingerprint density at radius 2 is 1.20 bits per heavy atom. The molecule has 0 radical (unpaired) electrons. The van der Waals surface area contributed by atoms with Gasteiger partial charge in [0.1, 0.15) is 11.6 Å². The van der Waals surface area contributed by atoms with Crippen LogP contribution in [-0.4, -0.2) is 116 Å². The number of carbonyl (C=O) groups excluding carboxylic acids is 2. The van der Waals surface area contributed by atoms with E-state index >= 15 is 0 Å². The summed E-state index contributed by atoms with van der Waals surface area (Å²) < 4.78 is 22.9. The third kappa shape index (κ3) is 27.2. The van der Waals surface area contributed by atoms with Crippen LogP contribution in [0, 0.1) is 65.1 Å². The molecular formula is C67H110ClN4O12S2-. The molecule has 1 aromatic heterocycles. The highest BCUT2D eigenvalue weighted by Crippen LogP contribution is 2.40. The number of thiocarbonyl (C=S) groups is 1. The van der Waals surface area contributed by atoms with Gasteiger partial charge in [0, 0.05) is 58.4 Å². The zero-order valence-corrected chi connectivity index (χ0v) is 58.1. The summed E-state index contributed by atoms with van der Waals surface area (Å²) in [6.45, 7) is 49.7. The van der Waals surface area contributed by atoms with Crippen molar-refractivity contribution in [2.75, 3.05) is 44.5 Å². The van der Waals surface area contributed by atoms with Crippen LogP contribution in [0.1, 0.15) is 209 Å². The predicted molar refractivity (Wildman–Crippen MR) is 353 cm³/mol. The summed E-state index contributed by atoms with van der Waals surface area (Å²) in [7, 11) is 0. The maximum absolute atomic E-state index is 12.2. The van der Waals surface area contributed by atoms with E-state index in [2.05, 4.69) is 116 Å². The summed E-state index contributed by atoms with van der Waals surface area (Å²) in [6, 6.07) is 6.26. The Bertz CT molecular complexity index is 2480. The maximum atomic E-state index is 12.2. The van der Waals surface area contributed by atoms with Gasteiger partial charge in [-0.3, -0.25) is 14.4 Å². The first-order valence-electron chi connectivity index (χ1n) is 31.2. The zero-order valence-electron chi connectivity index (χ0n) is 55.7. The normalized spacial score (nSPS) is 23.0. The third-order valence-electron chi connectivity index (χ3n) is 15.6. The number of aromatic carboxylic acids is 1. The van der Waals surface area contributed by atoms with Gasteiger partial charge >= 0.3 is 0 Å². The van der Waals surface area contributed by atoms with Crippen LogP contribution in [0.5, 0.6) is 5.75 Å². The number of aromatic hydroxyl groups is 1. The van der Waals surface area contributed by atoms with Crippen molar-refractivity contribution >= 4 is 58.2 Å². The topological polar surface area (TPSA) is 231 Å². The number of nitrogens with zero attached hydrogens (tertiary/aromatic N) is 4. The monoisotopic (exact) mass is 1260 g/mol. The number of thiol groups is 1. The van der Waals surface area contributed by atoms with Gasteiger partial charge in [-0.25, -0.2) is 15.0 Å². The summed E-state index contributed by atoms with van der Waals surface area (Å²) in [6.07, 6.45) is 6.71. The van der Waals surface area contributed by atoms with Crippen LogP contribution in [0.2, 0.25) is 5.28 Å². The van der Waals surface area contributed by atoms with Gasteiger partial charge in [0.15, 0.2) is 5.75 Å². The second-order valence-corrected chi connectivity index (χ2v) is 27.9. The number of carboxylic acids is 1. The first-order valence-corrected chi connectivity index (χ1v) is 32.4. The molecule has 5 aliphatic heterocycles. The number of amides is 1. The predicted octanol–water partition coefficient (Wildman–Crippen LogP) is 12.2. The van der Waals surface area contributed by atoms with Crippen LogP contribution in [0.15, 0.2) is 46.5 Å². The molecule has 9 atom stereocenters. The van der Waals surface area contributed by atoms with E-state index in [0.29, 0.717) is 96.6 Å². The Kier molecular flexibility index (Phi) is 37.4. The molecule has 9 unspecified atom stereocenters. The molecule has 3 N–H and O–H groups in total. The zero-order chi connectivity index (χ0) is 66.0. The van der Waals surface area contributed by atoms with Crippen molar-refractivity contribution in [1.29, 1.82) is 0 Å². The van der Waals surface area contributed by atoms with E-state index in [4.69, 9.17) is 40.8 Å². The number of aliphatic hydroxyl groups excluding tert-OH is 2. The van der Waals surface area contributed by atoms with Gasteiger partial charge < -0.3 is 49.1 Å². The average molecular weight is 1260 g/mol. The number of fused-ring (bicyclic) bond motifs is 1. The lowest BCUT2D eigenvalue weighted by atomic mass is 9.85. The van der Waals surface area contributed by atoms with E-state index in [1.165, 1.54) is 18.6 Å². The number of ether oxygens (including phenoxy) is 4. The lowest BCUT2D eigenvalue weighted by Gasteiger charge is -2.20. The Morgan fingerprint density at radius 3 is 1.47 bits per heavy atom. The van der Waals surface area contributed by atoms with Crippen molar-refractivity contribution in [3.8, 4) is 5.75 Å². The van der Waals surface area contributed by atoms with Gasteiger partial charge in [0.25, 0.3) is 5.43 Å². The number of hydrogen-bond donors (Lipinski definition) is 4. The molecular weight excluding hydrogens is 1150 g/mol. The third-order valence-corrected chi connectivity index (χ3v) is 16.8. The minimum atomic E-state index is -1.20. The average Bonchev–Trinajstić information content (AvgIpc) is 1.64. The molecule has 6 heterocycles. The van der Waals surface area contributed by atoms with Crippen LogP contribution in [-0.2, 0) is 23.7 Å². The van der Waals surface area contributed by atoms with Crippen molar-refractivity contribution in [2.24, 2.45) is 65.1 Å². The van der Waals surface area contributed by atoms with Crippen LogP contribution < -0.4 is 20.9 Å². The van der Waals surface area contributed by atoms with Gasteiger partial charge in [0.05, 0.1) is 75.1 Å². The second-order valence-electron chi connectivity index (χ2n) is 26.4. The van der Waals surface area contributed by atoms with Crippen molar-refractivity contribution in [3.63, 3.8) is 0 Å². The molecule has 490 valence electrons. The van der Waals surface area contributed by atoms with E-state index in [1.807, 2.05) is 61.5 Å². The lowest BCUT2D eigenvalue weighted by molar-refractivity contribution is -0.255. The fraction of sp³-hybridized carbons (Fsp3) is 0.731. The maximum Gasteiger partial charge on any atom is 0.267 e. The SMILES string of the molecule is C=CCCC(C)C.CC(C)C(=S)S.CC(C)C1CC(O)CO1.CC(C)C1CCN(c2ccc(C(=O)[O-])cc2)C1=O.CC(C)C1COC2C(C(C)C)COC12.CC(C)C1COCC1O.CC(C)c1c(O)c(=O)c1=O.CC(C)c1nc(Cl)nc(C(C)C)n1. The summed E-state index contributed by atoms with van der Waals surface area (Å²) >= 11 is 14.4. The molecule has 8 rings (SSSR count). The molecule has 16 nitrogen and oxygen atoms in total. The molecule has 3 aromatic rings. The summed E-state index contributed by atoms with van der Waals surface area (Å²) in [4.78, 5) is 58.0. The molecule has 0 bridgehead atoms. The molecule has 0 aliphatic carbocycles. The van der Waals surface area contributed by atoms with E-state index in [1.54, 1.807) is 30.9 Å². The Morgan fingerprint density at radius 1 is 0.709 bits per heavy atom. The number of benzene rings is 1. The Labute approximate surface area is 532 Å². The lowest BCUT2D eigenvalue weighted by Crippen LogP contribution is -2.34. The van der Waals surface area contributed by atoms with Crippen LogP contribution in [0.4, 0.5) is 5.69 Å². The van der Waals surface area contributed by atoms with E-state index in [0.717, 1.165) is 66.5 Å². The standard InChI is InChI=1S/C14H17NO3.C12H22O2.C9H14ClN3.C7H8O3.2C7H14O2.C7H14.C4H8S2/c1-9(2)12-7-8-15(13(12)16)11-5-3-10(4-6-11)14(17)18;1-7(2)9-5-13-12-10(8(3)4)6-14-11(9)12;1-5(2)7-11-8(6(3)4)13-9(10)12-7;1-3(2)4-5(8)7(10)6(4)9;1-5(2)6-3-9-4-7(6)8;1-5(2)7-3-6(8)4-9-7;1-4-5-6-7(2)3;1-3(2)4(5)6/h3-6,9,12H,7-8H2,1-2H3,(H,17,18);7-12H,5-6H2,1-4H3;5-6H,1-4H3;3,8H,1-2H3;2*5-8H,3-4H2,1-2H3;4,7H,1,5-6H2,2-3H3;3H,1-2H3,(H,5,6)/p-1. The highest BCUT2D eigenvalue weighted by Gasteiger charge is 2.49. The van der Waals surface area contributed by atoms with Crippen molar-refractivity contribution in [3.05, 3.63) is 85.4 Å². The number of anilines is 1. The number of hydrogen-bond acceptors (Lipinski definition) is 16. The largest absolute Gasteiger partial charge is 0.545 e. The number of carboxylic acid groups (broad SMARTS) is 1. The molecule has 5 fully saturated rings. The first-order chi connectivity index (χ1) is 40.0. The smallest absolute Gasteiger partial charge is 0.267 e. The summed E-state index contributed by atoms with van der Waals surface area (Å²) in [5.74, 6) is 6.38. The minimum absolute atomic E-state index is 0.0507. The minimum Gasteiger partial charge on any atom is -0.545 e. The van der Waals surface area contributed by atoms with Gasteiger partial charge in [-0.1, -0.05) is 169 Å². The van der Waals surface area contributed by atoms with Crippen LogP contribution >= 0.6 is 36.4 Å². The van der Waals surface area contributed by atoms with Gasteiger partial charge in [-0.2, -0.15) is 0 Å². The van der Waals surface area contributed by atoms with Crippen molar-refractivity contribution in [2.45, 2.75) is 212 Å². The number of carbonyl (C=O) groups is 2. The van der Waals surface area contributed by atoms with E-state index in [-0.39, 0.29) is 58.7 Å². The fourth-order valence-electron chi connectivity index (χ4n) is 9.64. The van der Waals surface area contributed by atoms with E-state index < -0.39 is 16.8 Å². The highest BCUT2D eigenvalue weighted by atomic mass is 35.5. The van der Waals surface area contributed by atoms with Crippen LogP contribution in [0.3, 0.4) is 0 Å². The summed E-state index contributed by atoms with van der Waals surface area (Å²) in [5.41, 5.74) is -0.125. The Hall–Kier alpha value is -3.72. The molecule has 5 saturated heterocycles. The molecule has 0 saturated carbocycles. The number of aromatic nitrogens is 3. The molecule has 5 aliphatic rings. The first kappa shape index (κ1) is 80.3. The number of rotatable bonds is 14. The number of allylic oxidation sites excluding steroid dienone is 1. The van der Waals surface area contributed by atoms with Gasteiger partial charge in [-0.05, 0) is 95.9 Å². The fourth-order valence-corrected chi connectivity index (χ4v) is 9.81. The Balaban J connectivity index is 0.000000503. The molecule has 86 heavy (non-hydrogen) atoms. The molecule has 2 aromatic carbocycles. The van der Waals surface area contributed by atoms with Crippen molar-refractivity contribution in [1.82, 2.24) is 15.0 Å². The highest BCUT2D eigenvalue weighted by molar-refractivity contribution is 8.11. The van der Waals surface area contributed by atoms with Gasteiger partial charge in [-0.15, -0.1) is 19.2 Å².